The van der Waals surface area contributed by atoms with Gasteiger partial charge in [0.2, 0.25) is 0 Å². The number of hydrogen-bond donors (Lipinski definition) is 1. The summed E-state index contributed by atoms with van der Waals surface area (Å²) in [5.41, 5.74) is 0. The van der Waals surface area contributed by atoms with Crippen molar-refractivity contribution >= 4 is 0 Å². The van der Waals surface area contributed by atoms with Crippen molar-refractivity contribution in [1.29, 1.82) is 0 Å². The molecule has 0 radical (unpaired) electrons. The SMILES string of the molecule is CCC1CCC(CNC)C(CCCCOC)C1. The zero-order valence-electron chi connectivity index (χ0n) is 12.0. The minimum absolute atomic E-state index is 0.922. The van der Waals surface area contributed by atoms with Crippen LogP contribution >= 0.6 is 0 Å². The molecule has 0 aromatic carbocycles. The average molecular weight is 241 g/mol. The maximum Gasteiger partial charge on any atom is 0.0462 e. The third-order valence-corrected chi connectivity index (χ3v) is 4.47. The summed E-state index contributed by atoms with van der Waals surface area (Å²) in [5, 5.41) is 3.38. The number of ether oxygens (including phenoxy) is 1. The van der Waals surface area contributed by atoms with Crippen LogP contribution in [0.3, 0.4) is 0 Å². The fourth-order valence-corrected chi connectivity index (χ4v) is 3.33. The number of methoxy groups -OCH3 is 1. The van der Waals surface area contributed by atoms with E-state index < -0.39 is 0 Å². The second kappa shape index (κ2) is 8.93. The first-order chi connectivity index (χ1) is 8.31. The lowest BCUT2D eigenvalue weighted by molar-refractivity contribution is 0.151. The van der Waals surface area contributed by atoms with E-state index in [2.05, 4.69) is 19.3 Å². The highest BCUT2D eigenvalue weighted by molar-refractivity contribution is 4.80. The summed E-state index contributed by atoms with van der Waals surface area (Å²) in [5.74, 6) is 2.87. The number of nitrogens with one attached hydrogen (secondary N) is 1. The maximum absolute atomic E-state index is 5.14. The van der Waals surface area contributed by atoms with E-state index in [1.807, 2.05) is 0 Å². The summed E-state index contributed by atoms with van der Waals surface area (Å²) >= 11 is 0. The van der Waals surface area contributed by atoms with Crippen molar-refractivity contribution in [3.05, 3.63) is 0 Å². The molecule has 102 valence electrons. The van der Waals surface area contributed by atoms with Gasteiger partial charge < -0.3 is 10.1 Å². The molecule has 1 aliphatic carbocycles. The van der Waals surface area contributed by atoms with E-state index in [4.69, 9.17) is 4.74 Å². The van der Waals surface area contributed by atoms with Gasteiger partial charge in [0, 0.05) is 13.7 Å². The molecule has 17 heavy (non-hydrogen) atoms. The Balaban J connectivity index is 2.32. The van der Waals surface area contributed by atoms with Gasteiger partial charge in [-0.1, -0.05) is 32.6 Å². The van der Waals surface area contributed by atoms with Crippen LogP contribution < -0.4 is 5.32 Å². The van der Waals surface area contributed by atoms with Gasteiger partial charge in [-0.3, -0.25) is 0 Å². The first-order valence-corrected chi connectivity index (χ1v) is 7.45. The van der Waals surface area contributed by atoms with E-state index in [-0.39, 0.29) is 0 Å². The van der Waals surface area contributed by atoms with Crippen LogP contribution in [0.4, 0.5) is 0 Å². The maximum atomic E-state index is 5.14. The Morgan fingerprint density at radius 2 is 2.00 bits per heavy atom. The van der Waals surface area contributed by atoms with Crippen LogP contribution in [0.15, 0.2) is 0 Å². The average Bonchev–Trinajstić information content (AvgIpc) is 2.36. The van der Waals surface area contributed by atoms with E-state index in [1.54, 1.807) is 7.11 Å². The van der Waals surface area contributed by atoms with Crippen LogP contribution in [-0.4, -0.2) is 27.3 Å². The van der Waals surface area contributed by atoms with Gasteiger partial charge in [-0.25, -0.2) is 0 Å². The molecule has 0 aliphatic heterocycles. The Bertz CT molecular complexity index is 184. The predicted molar refractivity (Wildman–Crippen MR) is 74.3 cm³/mol. The van der Waals surface area contributed by atoms with Crippen molar-refractivity contribution in [3.8, 4) is 0 Å². The normalized spacial score (nSPS) is 29.5. The summed E-state index contributed by atoms with van der Waals surface area (Å²) in [6, 6.07) is 0. The molecule has 3 atom stereocenters. The standard InChI is InChI=1S/C15H31NO/c1-4-13-8-9-15(12-16-2)14(11-13)7-5-6-10-17-3/h13-16H,4-12H2,1-3H3. The van der Waals surface area contributed by atoms with Gasteiger partial charge in [0.25, 0.3) is 0 Å². The Kier molecular flexibility index (Phi) is 7.87. The van der Waals surface area contributed by atoms with Crippen molar-refractivity contribution < 1.29 is 4.74 Å². The van der Waals surface area contributed by atoms with Gasteiger partial charge >= 0.3 is 0 Å². The molecule has 0 amide bonds. The Hall–Kier alpha value is -0.0800. The smallest absolute Gasteiger partial charge is 0.0462 e. The number of hydrogen-bond acceptors (Lipinski definition) is 2. The van der Waals surface area contributed by atoms with E-state index in [1.165, 1.54) is 51.5 Å². The second-order valence-corrected chi connectivity index (χ2v) is 5.65. The molecule has 3 unspecified atom stereocenters. The number of rotatable bonds is 8. The molecule has 0 aromatic heterocycles. The minimum Gasteiger partial charge on any atom is -0.385 e. The van der Waals surface area contributed by atoms with Crippen LogP contribution in [0, 0.1) is 17.8 Å². The molecule has 1 N–H and O–H groups in total. The third kappa shape index (κ3) is 5.39. The lowest BCUT2D eigenvalue weighted by Gasteiger charge is -2.36. The fourth-order valence-electron chi connectivity index (χ4n) is 3.33. The number of unbranched alkanes of at least 4 members (excludes halogenated alkanes) is 1. The summed E-state index contributed by atoms with van der Waals surface area (Å²) in [6.07, 6.45) is 9.72. The van der Waals surface area contributed by atoms with E-state index in [0.29, 0.717) is 0 Å². The molecule has 2 heteroatoms. The van der Waals surface area contributed by atoms with Crippen LogP contribution in [0.2, 0.25) is 0 Å². The van der Waals surface area contributed by atoms with Gasteiger partial charge in [0.1, 0.15) is 0 Å². The van der Waals surface area contributed by atoms with E-state index >= 15 is 0 Å². The highest BCUT2D eigenvalue weighted by Crippen LogP contribution is 2.37. The molecule has 0 heterocycles. The first-order valence-electron chi connectivity index (χ1n) is 7.45. The van der Waals surface area contributed by atoms with Gasteiger partial charge in [-0.05, 0) is 50.6 Å². The molecule has 0 spiro atoms. The van der Waals surface area contributed by atoms with Crippen LogP contribution in [0.5, 0.6) is 0 Å². The molecular weight excluding hydrogens is 210 g/mol. The van der Waals surface area contributed by atoms with Gasteiger partial charge in [-0.2, -0.15) is 0 Å². The zero-order chi connectivity index (χ0) is 12.5. The largest absolute Gasteiger partial charge is 0.385 e. The van der Waals surface area contributed by atoms with Gasteiger partial charge in [0.15, 0.2) is 0 Å². The molecule has 0 aromatic rings. The molecule has 1 fully saturated rings. The summed E-state index contributed by atoms with van der Waals surface area (Å²) < 4.78 is 5.14. The quantitative estimate of drug-likeness (QED) is 0.657. The van der Waals surface area contributed by atoms with Gasteiger partial charge in [0.05, 0.1) is 0 Å². The highest BCUT2D eigenvalue weighted by atomic mass is 16.5. The summed E-state index contributed by atoms with van der Waals surface area (Å²) in [7, 11) is 3.89. The van der Waals surface area contributed by atoms with Crippen molar-refractivity contribution in [2.75, 3.05) is 27.3 Å². The second-order valence-electron chi connectivity index (χ2n) is 5.65. The highest BCUT2D eigenvalue weighted by Gasteiger charge is 2.28. The minimum atomic E-state index is 0.922. The van der Waals surface area contributed by atoms with E-state index in [0.717, 1.165) is 24.4 Å². The van der Waals surface area contributed by atoms with Crippen molar-refractivity contribution in [2.24, 2.45) is 17.8 Å². The van der Waals surface area contributed by atoms with Crippen LogP contribution in [0.1, 0.15) is 51.9 Å². The van der Waals surface area contributed by atoms with Crippen LogP contribution in [0.25, 0.3) is 0 Å². The lowest BCUT2D eigenvalue weighted by atomic mass is 9.71. The summed E-state index contributed by atoms with van der Waals surface area (Å²) in [6.45, 7) is 4.50. The zero-order valence-corrected chi connectivity index (χ0v) is 12.0. The topological polar surface area (TPSA) is 21.3 Å². The molecule has 2 nitrogen and oxygen atoms in total. The molecule has 1 aliphatic rings. The van der Waals surface area contributed by atoms with Crippen molar-refractivity contribution in [2.45, 2.75) is 51.9 Å². The Morgan fingerprint density at radius 1 is 1.18 bits per heavy atom. The van der Waals surface area contributed by atoms with Crippen molar-refractivity contribution in [1.82, 2.24) is 5.32 Å². The third-order valence-electron chi connectivity index (χ3n) is 4.47. The first kappa shape index (κ1) is 15.0. The van der Waals surface area contributed by atoms with E-state index in [9.17, 15) is 0 Å². The Labute approximate surface area is 108 Å². The monoisotopic (exact) mass is 241 g/mol. The van der Waals surface area contributed by atoms with Crippen molar-refractivity contribution in [3.63, 3.8) is 0 Å². The molecule has 1 saturated carbocycles. The van der Waals surface area contributed by atoms with Gasteiger partial charge in [-0.15, -0.1) is 0 Å². The molecule has 0 saturated heterocycles. The lowest BCUT2D eigenvalue weighted by Crippen LogP contribution is -2.31. The Morgan fingerprint density at radius 3 is 2.65 bits per heavy atom. The molecule has 1 rings (SSSR count). The fraction of sp³-hybridized carbons (Fsp3) is 1.00. The molecule has 0 bridgehead atoms. The molecular formula is C15H31NO. The van der Waals surface area contributed by atoms with Crippen LogP contribution in [-0.2, 0) is 4.74 Å². The predicted octanol–water partition coefficient (Wildman–Crippen LogP) is 3.47. The summed E-state index contributed by atoms with van der Waals surface area (Å²) in [4.78, 5) is 0.